The summed E-state index contributed by atoms with van der Waals surface area (Å²) in [4.78, 5) is 17.1. The zero-order valence-corrected chi connectivity index (χ0v) is 15.5. The van der Waals surface area contributed by atoms with Gasteiger partial charge < -0.3 is 14.5 Å². The number of benzene rings is 3. The molecule has 4 rings (SSSR count). The first-order valence-corrected chi connectivity index (χ1v) is 9.19. The molecule has 0 aliphatic carbocycles. The fourth-order valence-corrected chi connectivity index (χ4v) is 3.00. The number of rotatable bonds is 6. The van der Waals surface area contributed by atoms with Crippen molar-refractivity contribution >= 4 is 22.7 Å². The summed E-state index contributed by atoms with van der Waals surface area (Å²) in [6.45, 7) is 2.46. The number of ether oxygens (including phenoxy) is 1. The molecular weight excluding hydrogens is 352 g/mol. The molecule has 0 aliphatic rings. The molecule has 1 N–H and O–H groups in total. The van der Waals surface area contributed by atoms with E-state index >= 15 is 0 Å². The molecule has 1 amide bonds. The zero-order chi connectivity index (χ0) is 19.3. The topological polar surface area (TPSA) is 64.4 Å². The van der Waals surface area contributed by atoms with E-state index in [-0.39, 0.29) is 5.91 Å². The lowest BCUT2D eigenvalue weighted by Crippen LogP contribution is -2.11. The number of nitrogens with zero attached hydrogens (tertiary/aromatic N) is 1. The standard InChI is InChI=1S/C23H20N2O3/c1-2-27-19-10-6-9-17(14-19)23(26)24-18-11-12-21-20(15-18)25-22(28-21)13-16-7-4-3-5-8-16/h3-12,14-15H,2,13H2,1H3,(H,24,26). The van der Waals surface area contributed by atoms with Crippen LogP contribution in [-0.4, -0.2) is 17.5 Å². The van der Waals surface area contributed by atoms with E-state index in [0.717, 1.165) is 5.56 Å². The summed E-state index contributed by atoms with van der Waals surface area (Å²) >= 11 is 0. The quantitative estimate of drug-likeness (QED) is 0.513. The molecule has 28 heavy (non-hydrogen) atoms. The van der Waals surface area contributed by atoms with Gasteiger partial charge in [-0.2, -0.15) is 0 Å². The minimum atomic E-state index is -0.200. The van der Waals surface area contributed by atoms with E-state index in [2.05, 4.69) is 10.3 Å². The van der Waals surface area contributed by atoms with Gasteiger partial charge in [0.05, 0.1) is 6.61 Å². The van der Waals surface area contributed by atoms with Crippen LogP contribution in [0.5, 0.6) is 5.75 Å². The third-order valence-electron chi connectivity index (χ3n) is 4.30. The number of aromatic nitrogens is 1. The second-order valence-electron chi connectivity index (χ2n) is 6.37. The van der Waals surface area contributed by atoms with Crippen molar-refractivity contribution in [1.82, 2.24) is 4.98 Å². The highest BCUT2D eigenvalue weighted by atomic mass is 16.5. The second-order valence-corrected chi connectivity index (χ2v) is 6.37. The Morgan fingerprint density at radius 2 is 1.89 bits per heavy atom. The molecule has 4 aromatic rings. The first kappa shape index (κ1) is 17.8. The van der Waals surface area contributed by atoms with Gasteiger partial charge in [-0.05, 0) is 48.9 Å². The molecule has 140 valence electrons. The maximum absolute atomic E-state index is 12.5. The lowest BCUT2D eigenvalue weighted by molar-refractivity contribution is 0.102. The number of oxazole rings is 1. The van der Waals surface area contributed by atoms with Crippen LogP contribution in [0.25, 0.3) is 11.1 Å². The number of amides is 1. The largest absolute Gasteiger partial charge is 0.494 e. The maximum Gasteiger partial charge on any atom is 0.255 e. The van der Waals surface area contributed by atoms with Crippen LogP contribution in [0.15, 0.2) is 77.2 Å². The summed E-state index contributed by atoms with van der Waals surface area (Å²) in [5.41, 5.74) is 3.75. The molecule has 5 nitrogen and oxygen atoms in total. The Balaban J connectivity index is 1.51. The fraction of sp³-hybridized carbons (Fsp3) is 0.130. The van der Waals surface area contributed by atoms with Crippen molar-refractivity contribution in [3.8, 4) is 5.75 Å². The van der Waals surface area contributed by atoms with Gasteiger partial charge in [-0.25, -0.2) is 4.98 Å². The molecule has 0 unspecified atom stereocenters. The third-order valence-corrected chi connectivity index (χ3v) is 4.30. The molecular formula is C23H20N2O3. The van der Waals surface area contributed by atoms with Gasteiger partial charge in [0.15, 0.2) is 11.5 Å². The van der Waals surface area contributed by atoms with Crippen LogP contribution < -0.4 is 10.1 Å². The van der Waals surface area contributed by atoms with Gasteiger partial charge in [-0.15, -0.1) is 0 Å². The summed E-state index contributed by atoms with van der Waals surface area (Å²) in [7, 11) is 0. The number of nitrogens with one attached hydrogen (secondary N) is 1. The summed E-state index contributed by atoms with van der Waals surface area (Å²) in [5.74, 6) is 1.12. The van der Waals surface area contributed by atoms with E-state index in [4.69, 9.17) is 9.15 Å². The van der Waals surface area contributed by atoms with Crippen LogP contribution in [0.4, 0.5) is 5.69 Å². The fourth-order valence-electron chi connectivity index (χ4n) is 3.00. The summed E-state index contributed by atoms with van der Waals surface area (Å²) in [5, 5.41) is 2.90. The van der Waals surface area contributed by atoms with Crippen LogP contribution in [-0.2, 0) is 6.42 Å². The van der Waals surface area contributed by atoms with Crippen molar-refractivity contribution in [2.24, 2.45) is 0 Å². The molecule has 3 aromatic carbocycles. The van der Waals surface area contributed by atoms with Gasteiger partial charge in [0, 0.05) is 17.7 Å². The van der Waals surface area contributed by atoms with Crippen molar-refractivity contribution in [2.45, 2.75) is 13.3 Å². The van der Waals surface area contributed by atoms with Crippen molar-refractivity contribution in [1.29, 1.82) is 0 Å². The molecule has 5 heteroatoms. The Hall–Kier alpha value is -3.60. The number of carbonyl (C=O) groups excluding carboxylic acids is 1. The average molecular weight is 372 g/mol. The number of hydrogen-bond acceptors (Lipinski definition) is 4. The highest BCUT2D eigenvalue weighted by Crippen LogP contribution is 2.22. The van der Waals surface area contributed by atoms with Crippen molar-refractivity contribution in [2.75, 3.05) is 11.9 Å². The molecule has 0 atom stereocenters. The molecule has 0 fully saturated rings. The van der Waals surface area contributed by atoms with E-state index in [1.165, 1.54) is 0 Å². The zero-order valence-electron chi connectivity index (χ0n) is 15.5. The highest BCUT2D eigenvalue weighted by molar-refractivity contribution is 6.05. The summed E-state index contributed by atoms with van der Waals surface area (Å²) in [6.07, 6.45) is 0.626. The van der Waals surface area contributed by atoms with Gasteiger partial charge >= 0.3 is 0 Å². The van der Waals surface area contributed by atoms with E-state index < -0.39 is 0 Å². The van der Waals surface area contributed by atoms with Crippen LogP contribution in [0.2, 0.25) is 0 Å². The van der Waals surface area contributed by atoms with Crippen LogP contribution in [0.1, 0.15) is 28.7 Å². The predicted octanol–water partition coefficient (Wildman–Crippen LogP) is 5.07. The highest BCUT2D eigenvalue weighted by Gasteiger charge is 2.11. The first-order chi connectivity index (χ1) is 13.7. The van der Waals surface area contributed by atoms with Gasteiger partial charge in [0.1, 0.15) is 11.3 Å². The third kappa shape index (κ3) is 4.04. The molecule has 1 heterocycles. The number of fused-ring (bicyclic) bond motifs is 1. The minimum absolute atomic E-state index is 0.200. The average Bonchev–Trinajstić information content (AvgIpc) is 3.10. The van der Waals surface area contributed by atoms with Gasteiger partial charge in [0.25, 0.3) is 5.91 Å². The lowest BCUT2D eigenvalue weighted by Gasteiger charge is -2.07. The number of hydrogen-bond donors (Lipinski definition) is 1. The Morgan fingerprint density at radius 3 is 2.71 bits per heavy atom. The van der Waals surface area contributed by atoms with Crippen molar-refractivity contribution in [3.63, 3.8) is 0 Å². The van der Waals surface area contributed by atoms with Crippen molar-refractivity contribution in [3.05, 3.63) is 89.8 Å². The van der Waals surface area contributed by atoms with Gasteiger partial charge in [-0.3, -0.25) is 4.79 Å². The molecule has 0 radical (unpaired) electrons. The van der Waals surface area contributed by atoms with E-state index in [0.29, 0.717) is 47.0 Å². The molecule has 0 saturated heterocycles. The van der Waals surface area contributed by atoms with Crippen molar-refractivity contribution < 1.29 is 13.9 Å². The SMILES string of the molecule is CCOc1cccc(C(=O)Nc2ccc3oc(Cc4ccccc4)nc3c2)c1. The molecule has 1 aromatic heterocycles. The van der Waals surface area contributed by atoms with Crippen LogP contribution in [0, 0.1) is 0 Å². The normalized spacial score (nSPS) is 10.8. The Kier molecular flexibility index (Phi) is 5.06. The van der Waals surface area contributed by atoms with Gasteiger partial charge in [-0.1, -0.05) is 36.4 Å². The lowest BCUT2D eigenvalue weighted by atomic mass is 10.1. The minimum Gasteiger partial charge on any atom is -0.494 e. The molecule has 0 saturated carbocycles. The number of carbonyl (C=O) groups is 1. The first-order valence-electron chi connectivity index (χ1n) is 9.19. The number of anilines is 1. The van der Waals surface area contributed by atoms with Crippen LogP contribution in [0.3, 0.4) is 0 Å². The Morgan fingerprint density at radius 1 is 1.04 bits per heavy atom. The molecule has 0 aliphatic heterocycles. The smallest absolute Gasteiger partial charge is 0.255 e. The predicted molar refractivity (Wildman–Crippen MR) is 109 cm³/mol. The molecule has 0 spiro atoms. The molecule has 0 bridgehead atoms. The Bertz CT molecular complexity index is 1100. The summed E-state index contributed by atoms with van der Waals surface area (Å²) in [6, 6.07) is 22.6. The van der Waals surface area contributed by atoms with E-state index in [1.807, 2.05) is 61.5 Å². The van der Waals surface area contributed by atoms with E-state index in [1.54, 1.807) is 18.2 Å². The van der Waals surface area contributed by atoms with Crippen LogP contribution >= 0.6 is 0 Å². The Labute approximate surface area is 163 Å². The second kappa shape index (κ2) is 7.96. The maximum atomic E-state index is 12.5. The van der Waals surface area contributed by atoms with E-state index in [9.17, 15) is 4.79 Å². The monoisotopic (exact) mass is 372 g/mol. The van der Waals surface area contributed by atoms with Gasteiger partial charge in [0.2, 0.25) is 0 Å². The summed E-state index contributed by atoms with van der Waals surface area (Å²) < 4.78 is 11.3.